The van der Waals surface area contributed by atoms with Crippen LogP contribution in [0.4, 0.5) is 5.82 Å². The monoisotopic (exact) mass is 306 g/mol. The van der Waals surface area contributed by atoms with Crippen LogP contribution >= 0.6 is 0 Å². The van der Waals surface area contributed by atoms with E-state index in [2.05, 4.69) is 27.2 Å². The number of anilines is 1. The van der Waals surface area contributed by atoms with E-state index in [1.807, 2.05) is 20.8 Å². The summed E-state index contributed by atoms with van der Waals surface area (Å²) in [5, 5.41) is 3.29. The summed E-state index contributed by atoms with van der Waals surface area (Å²) in [6.45, 7) is 8.93. The molecule has 122 valence electrons. The number of nitrogens with one attached hydrogen (secondary N) is 1. The second-order valence-corrected chi connectivity index (χ2v) is 4.93. The van der Waals surface area contributed by atoms with Gasteiger partial charge in [0.15, 0.2) is 17.5 Å². The van der Waals surface area contributed by atoms with Crippen LogP contribution in [0.25, 0.3) is 0 Å². The first-order valence-electron chi connectivity index (χ1n) is 7.23. The molecule has 0 unspecified atom stereocenters. The van der Waals surface area contributed by atoms with Crippen LogP contribution in [0.2, 0.25) is 0 Å². The third-order valence-electron chi connectivity index (χ3n) is 3.06. The molecular formula is C16H26N4O2. The van der Waals surface area contributed by atoms with E-state index in [9.17, 15) is 0 Å². The summed E-state index contributed by atoms with van der Waals surface area (Å²) in [6, 6.07) is 0. The minimum absolute atomic E-state index is 0. The molecule has 1 N–H and O–H groups in total. The Morgan fingerprint density at radius 1 is 1.23 bits per heavy atom. The van der Waals surface area contributed by atoms with Gasteiger partial charge in [0.2, 0.25) is 0 Å². The zero-order chi connectivity index (χ0) is 15.2. The van der Waals surface area contributed by atoms with Crippen LogP contribution in [0.5, 0.6) is 5.75 Å². The summed E-state index contributed by atoms with van der Waals surface area (Å²) in [6.07, 6.45) is 3.91. The molecular weight excluding hydrogens is 280 g/mol. The maximum absolute atomic E-state index is 5.79. The number of aromatic nitrogens is 3. The normalized spacial score (nSPS) is 10.2. The van der Waals surface area contributed by atoms with Crippen LogP contribution in [-0.4, -0.2) is 21.5 Å². The lowest BCUT2D eigenvalue weighted by Gasteiger charge is -2.11. The minimum Gasteiger partial charge on any atom is -0.482 e. The van der Waals surface area contributed by atoms with Crippen LogP contribution in [0.3, 0.4) is 0 Å². The maximum Gasteiger partial charge on any atom is 0.191 e. The van der Waals surface area contributed by atoms with Crippen molar-refractivity contribution < 1.29 is 9.15 Å². The first-order chi connectivity index (χ1) is 10.1. The fourth-order valence-corrected chi connectivity index (χ4v) is 1.93. The summed E-state index contributed by atoms with van der Waals surface area (Å²) >= 11 is 0. The van der Waals surface area contributed by atoms with Crippen molar-refractivity contribution in [1.29, 1.82) is 0 Å². The van der Waals surface area contributed by atoms with Gasteiger partial charge in [-0.15, -0.1) is 0 Å². The fourth-order valence-electron chi connectivity index (χ4n) is 1.93. The molecule has 0 bridgehead atoms. The summed E-state index contributed by atoms with van der Waals surface area (Å²) in [4.78, 5) is 12.9. The molecule has 6 nitrogen and oxygen atoms in total. The number of unbranched alkanes of at least 4 members (excludes halogenated alkanes) is 1. The van der Waals surface area contributed by atoms with Gasteiger partial charge >= 0.3 is 0 Å². The molecule has 2 rings (SSSR count). The van der Waals surface area contributed by atoms with Crippen molar-refractivity contribution in [1.82, 2.24) is 15.0 Å². The van der Waals surface area contributed by atoms with E-state index in [4.69, 9.17) is 9.15 Å². The largest absolute Gasteiger partial charge is 0.482 e. The third kappa shape index (κ3) is 4.72. The van der Waals surface area contributed by atoms with E-state index in [-0.39, 0.29) is 7.43 Å². The third-order valence-corrected chi connectivity index (χ3v) is 3.06. The smallest absolute Gasteiger partial charge is 0.191 e. The Labute approximate surface area is 132 Å². The van der Waals surface area contributed by atoms with Crippen molar-refractivity contribution in [2.24, 2.45) is 0 Å². The van der Waals surface area contributed by atoms with Gasteiger partial charge in [0.1, 0.15) is 23.9 Å². The lowest BCUT2D eigenvalue weighted by atomic mass is 10.3. The summed E-state index contributed by atoms with van der Waals surface area (Å²) in [7, 11) is 0. The quantitative estimate of drug-likeness (QED) is 0.784. The van der Waals surface area contributed by atoms with E-state index >= 15 is 0 Å². The molecule has 0 spiro atoms. The molecule has 0 aliphatic rings. The molecule has 0 aliphatic heterocycles. The molecule has 0 saturated heterocycles. The van der Waals surface area contributed by atoms with Crippen LogP contribution < -0.4 is 10.1 Å². The van der Waals surface area contributed by atoms with Crippen LogP contribution in [0, 0.1) is 20.8 Å². The Balaban J connectivity index is 0.00000242. The first kappa shape index (κ1) is 17.9. The molecule has 0 amide bonds. The Morgan fingerprint density at radius 2 is 2.00 bits per heavy atom. The zero-order valence-corrected chi connectivity index (χ0v) is 13.1. The molecule has 2 aromatic heterocycles. The summed E-state index contributed by atoms with van der Waals surface area (Å²) in [5.41, 5.74) is 0.799. The van der Waals surface area contributed by atoms with Gasteiger partial charge in [-0.1, -0.05) is 20.8 Å². The van der Waals surface area contributed by atoms with Gasteiger partial charge in [-0.3, -0.25) is 0 Å². The zero-order valence-electron chi connectivity index (χ0n) is 13.1. The Hall–Kier alpha value is -2.11. The highest BCUT2D eigenvalue weighted by molar-refractivity contribution is 5.48. The van der Waals surface area contributed by atoms with Gasteiger partial charge in [-0.2, -0.15) is 0 Å². The van der Waals surface area contributed by atoms with Crippen molar-refractivity contribution in [3.63, 3.8) is 0 Å². The maximum atomic E-state index is 5.79. The van der Waals surface area contributed by atoms with E-state index < -0.39 is 0 Å². The van der Waals surface area contributed by atoms with Gasteiger partial charge in [0.25, 0.3) is 0 Å². The van der Waals surface area contributed by atoms with Crippen molar-refractivity contribution in [3.05, 3.63) is 29.4 Å². The molecule has 6 heteroatoms. The molecule has 0 fully saturated rings. The average Bonchev–Trinajstić information content (AvgIpc) is 2.76. The second kappa shape index (κ2) is 8.36. The SMILES string of the molecule is C.CCCCNc1nc(C)ncc1OCc1nc(C)oc1C. The molecule has 22 heavy (non-hydrogen) atoms. The lowest BCUT2D eigenvalue weighted by molar-refractivity contribution is 0.298. The number of rotatable bonds is 7. The molecule has 0 aromatic carbocycles. The molecule has 0 radical (unpaired) electrons. The Morgan fingerprint density at radius 3 is 2.64 bits per heavy atom. The summed E-state index contributed by atoms with van der Waals surface area (Å²) < 4.78 is 11.2. The van der Waals surface area contributed by atoms with Crippen molar-refractivity contribution >= 4 is 5.82 Å². The molecule has 2 aromatic rings. The lowest BCUT2D eigenvalue weighted by Crippen LogP contribution is -2.08. The highest BCUT2D eigenvalue weighted by atomic mass is 16.5. The highest BCUT2D eigenvalue weighted by Crippen LogP contribution is 2.22. The average molecular weight is 306 g/mol. The number of oxazole rings is 1. The summed E-state index contributed by atoms with van der Waals surface area (Å²) in [5.74, 6) is 3.51. The van der Waals surface area contributed by atoms with Crippen LogP contribution in [0.15, 0.2) is 10.6 Å². The minimum atomic E-state index is 0. The standard InChI is InChI=1S/C15H22N4O2.CH4/c1-5-6-7-16-15-14(8-17-11(3)18-15)20-9-13-10(2)21-12(4)19-13;/h8H,5-7,9H2,1-4H3,(H,16,17,18);1H4. The van der Waals surface area contributed by atoms with Crippen molar-refractivity contribution in [2.45, 2.75) is 54.6 Å². The number of ether oxygens (including phenoxy) is 1. The molecule has 0 atom stereocenters. The number of hydrogen-bond donors (Lipinski definition) is 1. The Kier molecular flexibility index (Phi) is 6.82. The first-order valence-corrected chi connectivity index (χ1v) is 7.23. The van der Waals surface area contributed by atoms with Gasteiger partial charge in [-0.05, 0) is 20.3 Å². The van der Waals surface area contributed by atoms with Crippen LogP contribution in [-0.2, 0) is 6.61 Å². The van der Waals surface area contributed by atoms with Gasteiger partial charge < -0.3 is 14.5 Å². The van der Waals surface area contributed by atoms with Gasteiger partial charge in [0.05, 0.1) is 6.20 Å². The Bertz CT molecular complexity index is 596. The topological polar surface area (TPSA) is 73.1 Å². The van der Waals surface area contributed by atoms with E-state index in [1.165, 1.54) is 0 Å². The van der Waals surface area contributed by atoms with Crippen molar-refractivity contribution in [2.75, 3.05) is 11.9 Å². The molecule has 0 saturated carbocycles. The van der Waals surface area contributed by atoms with Gasteiger partial charge in [0, 0.05) is 13.5 Å². The van der Waals surface area contributed by atoms with E-state index in [1.54, 1.807) is 6.20 Å². The highest BCUT2D eigenvalue weighted by Gasteiger charge is 2.11. The van der Waals surface area contributed by atoms with Gasteiger partial charge in [-0.25, -0.2) is 15.0 Å². The van der Waals surface area contributed by atoms with Crippen LogP contribution in [0.1, 0.15) is 50.4 Å². The van der Waals surface area contributed by atoms with E-state index in [0.29, 0.717) is 18.2 Å². The predicted octanol–water partition coefficient (Wildman–Crippen LogP) is 3.82. The molecule has 0 aliphatic carbocycles. The molecule has 2 heterocycles. The van der Waals surface area contributed by atoms with E-state index in [0.717, 1.165) is 42.5 Å². The predicted molar refractivity (Wildman–Crippen MR) is 87.2 cm³/mol. The van der Waals surface area contributed by atoms with Crippen molar-refractivity contribution in [3.8, 4) is 5.75 Å². The number of nitrogens with zero attached hydrogens (tertiary/aromatic N) is 3. The number of hydrogen-bond acceptors (Lipinski definition) is 6. The number of aryl methyl sites for hydroxylation is 3. The fraction of sp³-hybridized carbons (Fsp3) is 0.562. The second-order valence-electron chi connectivity index (χ2n) is 4.93.